The van der Waals surface area contributed by atoms with Gasteiger partial charge in [0.15, 0.2) is 0 Å². The summed E-state index contributed by atoms with van der Waals surface area (Å²) >= 11 is 0. The molecule has 0 aromatic heterocycles. The van der Waals surface area contributed by atoms with Gasteiger partial charge in [-0.05, 0) is 24.5 Å². The van der Waals surface area contributed by atoms with Gasteiger partial charge >= 0.3 is 12.0 Å². The van der Waals surface area contributed by atoms with Crippen LogP contribution in [0.25, 0.3) is 0 Å². The van der Waals surface area contributed by atoms with Crippen molar-refractivity contribution >= 4 is 17.7 Å². The largest absolute Gasteiger partial charge is 0.481 e. The standard InChI is InChI=1S/C15H22N2O3/c1-3-7-12-8-5-6-9-13(12)17-15(20)16-10-11(4-2)14(18)19/h5-6,8-9,11H,3-4,7,10H2,1-2H3,(H,18,19)(H2,16,17,20). The summed E-state index contributed by atoms with van der Waals surface area (Å²) in [7, 11) is 0. The number of benzene rings is 1. The van der Waals surface area contributed by atoms with Crippen LogP contribution in [0.2, 0.25) is 0 Å². The maximum Gasteiger partial charge on any atom is 0.319 e. The first-order valence-electron chi connectivity index (χ1n) is 6.94. The monoisotopic (exact) mass is 278 g/mol. The van der Waals surface area contributed by atoms with Gasteiger partial charge in [-0.3, -0.25) is 4.79 Å². The van der Waals surface area contributed by atoms with Crippen molar-refractivity contribution in [3.05, 3.63) is 29.8 Å². The summed E-state index contributed by atoms with van der Waals surface area (Å²) in [5, 5.41) is 14.3. The zero-order chi connectivity index (χ0) is 15.0. The number of amides is 2. The van der Waals surface area contributed by atoms with Crippen LogP contribution in [0, 0.1) is 5.92 Å². The number of carboxylic acid groups (broad SMARTS) is 1. The Hall–Kier alpha value is -2.04. The molecule has 1 aromatic carbocycles. The Morgan fingerprint density at radius 1 is 1.25 bits per heavy atom. The van der Waals surface area contributed by atoms with Gasteiger partial charge in [0.2, 0.25) is 0 Å². The van der Waals surface area contributed by atoms with Crippen molar-refractivity contribution in [2.45, 2.75) is 33.1 Å². The van der Waals surface area contributed by atoms with E-state index in [0.29, 0.717) is 6.42 Å². The molecule has 110 valence electrons. The number of hydrogen-bond acceptors (Lipinski definition) is 2. The first kappa shape index (κ1) is 16.0. The number of carbonyl (C=O) groups excluding carboxylic acids is 1. The Labute approximate surface area is 119 Å². The molecule has 3 N–H and O–H groups in total. The zero-order valence-corrected chi connectivity index (χ0v) is 12.0. The van der Waals surface area contributed by atoms with E-state index in [9.17, 15) is 9.59 Å². The van der Waals surface area contributed by atoms with Gasteiger partial charge in [0.1, 0.15) is 0 Å². The van der Waals surface area contributed by atoms with Gasteiger partial charge in [-0.1, -0.05) is 38.5 Å². The van der Waals surface area contributed by atoms with E-state index in [1.807, 2.05) is 24.3 Å². The number of urea groups is 1. The molecule has 0 fully saturated rings. The van der Waals surface area contributed by atoms with Gasteiger partial charge in [0, 0.05) is 12.2 Å². The predicted molar refractivity (Wildman–Crippen MR) is 78.9 cm³/mol. The van der Waals surface area contributed by atoms with Crippen LogP contribution < -0.4 is 10.6 Å². The van der Waals surface area contributed by atoms with Crippen LogP contribution in [0.4, 0.5) is 10.5 Å². The van der Waals surface area contributed by atoms with Crippen molar-refractivity contribution < 1.29 is 14.7 Å². The Balaban J connectivity index is 2.56. The van der Waals surface area contributed by atoms with Crippen LogP contribution in [-0.2, 0) is 11.2 Å². The van der Waals surface area contributed by atoms with Gasteiger partial charge in [0.05, 0.1) is 5.92 Å². The molecule has 20 heavy (non-hydrogen) atoms. The number of para-hydroxylation sites is 1. The van der Waals surface area contributed by atoms with Crippen LogP contribution in [0.1, 0.15) is 32.3 Å². The number of anilines is 1. The van der Waals surface area contributed by atoms with Crippen LogP contribution in [0.5, 0.6) is 0 Å². The summed E-state index contributed by atoms with van der Waals surface area (Å²) in [5.74, 6) is -1.44. The summed E-state index contributed by atoms with van der Waals surface area (Å²) in [5.41, 5.74) is 1.85. The third-order valence-corrected chi connectivity index (χ3v) is 3.14. The minimum atomic E-state index is -0.890. The van der Waals surface area contributed by atoms with Crippen LogP contribution in [0.15, 0.2) is 24.3 Å². The molecule has 1 rings (SSSR count). The molecule has 0 saturated heterocycles. The van der Waals surface area contributed by atoms with Crippen molar-refractivity contribution in [2.24, 2.45) is 5.92 Å². The molecular weight excluding hydrogens is 256 g/mol. The lowest BCUT2D eigenvalue weighted by molar-refractivity contribution is -0.141. The topological polar surface area (TPSA) is 78.4 Å². The molecule has 1 aromatic rings. The first-order valence-corrected chi connectivity index (χ1v) is 6.94. The van der Waals surface area contributed by atoms with Gasteiger partial charge in [-0.25, -0.2) is 4.79 Å². The smallest absolute Gasteiger partial charge is 0.319 e. The molecule has 0 radical (unpaired) electrons. The SMILES string of the molecule is CCCc1ccccc1NC(=O)NCC(CC)C(=O)O. The third-order valence-electron chi connectivity index (χ3n) is 3.14. The van der Waals surface area contributed by atoms with E-state index in [0.717, 1.165) is 24.1 Å². The fourth-order valence-corrected chi connectivity index (χ4v) is 1.92. The highest BCUT2D eigenvalue weighted by atomic mass is 16.4. The zero-order valence-electron chi connectivity index (χ0n) is 12.0. The second kappa shape index (κ2) is 8.19. The van der Waals surface area contributed by atoms with E-state index in [1.165, 1.54) is 0 Å². The average Bonchev–Trinajstić information content (AvgIpc) is 2.41. The molecule has 0 aliphatic rings. The number of carboxylic acids is 1. The number of aryl methyl sites for hydroxylation is 1. The highest BCUT2D eigenvalue weighted by Gasteiger charge is 2.16. The summed E-state index contributed by atoms with van der Waals surface area (Å²) in [4.78, 5) is 22.7. The normalized spacial score (nSPS) is 11.7. The highest BCUT2D eigenvalue weighted by Crippen LogP contribution is 2.16. The van der Waals surface area contributed by atoms with Crippen molar-refractivity contribution in [1.82, 2.24) is 5.32 Å². The second-order valence-electron chi connectivity index (χ2n) is 4.69. The first-order chi connectivity index (χ1) is 9.58. The predicted octanol–water partition coefficient (Wildman–Crippen LogP) is 2.87. The fourth-order valence-electron chi connectivity index (χ4n) is 1.92. The number of rotatable bonds is 7. The maximum atomic E-state index is 11.8. The summed E-state index contributed by atoms with van der Waals surface area (Å²) in [6, 6.07) is 7.25. The molecular formula is C15H22N2O3. The van der Waals surface area contributed by atoms with Crippen LogP contribution >= 0.6 is 0 Å². The van der Waals surface area contributed by atoms with E-state index in [-0.39, 0.29) is 12.6 Å². The van der Waals surface area contributed by atoms with Gasteiger partial charge in [-0.2, -0.15) is 0 Å². The minimum absolute atomic E-state index is 0.133. The Morgan fingerprint density at radius 3 is 2.55 bits per heavy atom. The molecule has 0 saturated carbocycles. The number of hydrogen-bond donors (Lipinski definition) is 3. The third kappa shape index (κ3) is 4.91. The molecule has 0 bridgehead atoms. The van der Waals surface area contributed by atoms with Gasteiger partial charge in [0.25, 0.3) is 0 Å². The Bertz CT molecular complexity index is 460. The molecule has 2 amide bonds. The summed E-state index contributed by atoms with van der Waals surface area (Å²) < 4.78 is 0. The van der Waals surface area contributed by atoms with Crippen molar-refractivity contribution in [1.29, 1.82) is 0 Å². The molecule has 0 spiro atoms. The van der Waals surface area contributed by atoms with E-state index >= 15 is 0 Å². The molecule has 1 atom stereocenters. The molecule has 0 aliphatic heterocycles. The molecule has 5 heteroatoms. The molecule has 1 unspecified atom stereocenters. The van der Waals surface area contributed by atoms with Gasteiger partial charge < -0.3 is 15.7 Å². The summed E-state index contributed by atoms with van der Waals surface area (Å²) in [6.07, 6.45) is 2.38. The van der Waals surface area contributed by atoms with E-state index in [4.69, 9.17) is 5.11 Å². The van der Waals surface area contributed by atoms with Gasteiger partial charge in [-0.15, -0.1) is 0 Å². The summed E-state index contributed by atoms with van der Waals surface area (Å²) in [6.45, 7) is 4.00. The molecule has 5 nitrogen and oxygen atoms in total. The van der Waals surface area contributed by atoms with Crippen molar-refractivity contribution in [3.8, 4) is 0 Å². The van der Waals surface area contributed by atoms with Crippen molar-refractivity contribution in [2.75, 3.05) is 11.9 Å². The molecule has 0 heterocycles. The minimum Gasteiger partial charge on any atom is -0.481 e. The number of aliphatic carboxylic acids is 1. The van der Waals surface area contributed by atoms with E-state index < -0.39 is 11.9 Å². The Morgan fingerprint density at radius 2 is 1.95 bits per heavy atom. The number of nitrogens with one attached hydrogen (secondary N) is 2. The lowest BCUT2D eigenvalue weighted by Gasteiger charge is -2.14. The molecule has 0 aliphatic carbocycles. The van der Waals surface area contributed by atoms with Crippen molar-refractivity contribution in [3.63, 3.8) is 0 Å². The number of carbonyl (C=O) groups is 2. The van der Waals surface area contributed by atoms with E-state index in [2.05, 4.69) is 17.6 Å². The van der Waals surface area contributed by atoms with Crippen LogP contribution in [0.3, 0.4) is 0 Å². The lowest BCUT2D eigenvalue weighted by Crippen LogP contribution is -2.35. The highest BCUT2D eigenvalue weighted by molar-refractivity contribution is 5.90. The maximum absolute atomic E-state index is 11.8. The quantitative estimate of drug-likeness (QED) is 0.717. The second-order valence-corrected chi connectivity index (χ2v) is 4.69. The fraction of sp³-hybridized carbons (Fsp3) is 0.467. The Kier molecular flexibility index (Phi) is 6.56. The van der Waals surface area contributed by atoms with Crippen LogP contribution in [-0.4, -0.2) is 23.7 Å². The van der Waals surface area contributed by atoms with E-state index in [1.54, 1.807) is 6.92 Å². The average molecular weight is 278 g/mol. The lowest BCUT2D eigenvalue weighted by atomic mass is 10.1.